The molecule has 0 bridgehead atoms. The third kappa shape index (κ3) is 7.49. The number of ether oxygens (including phenoxy) is 2. The summed E-state index contributed by atoms with van der Waals surface area (Å²) in [4.78, 5) is 24.0. The van der Waals surface area contributed by atoms with Gasteiger partial charge < -0.3 is 9.47 Å². The van der Waals surface area contributed by atoms with E-state index in [4.69, 9.17) is 9.47 Å². The molecule has 0 aliphatic rings. The quantitative estimate of drug-likeness (QED) is 0.464. The Morgan fingerprint density at radius 3 is 2.14 bits per heavy atom. The van der Waals surface area contributed by atoms with Crippen molar-refractivity contribution in [2.75, 3.05) is 13.2 Å². The second-order valence-electron chi connectivity index (χ2n) is 6.90. The third-order valence-electron chi connectivity index (χ3n) is 4.63. The van der Waals surface area contributed by atoms with E-state index in [-0.39, 0.29) is 6.61 Å². The van der Waals surface area contributed by atoms with Crippen LogP contribution in [0.1, 0.15) is 61.9 Å². The maximum Gasteiger partial charge on any atom is 0.276 e. The lowest BCUT2D eigenvalue weighted by Crippen LogP contribution is -2.43. The second kappa shape index (κ2) is 11.7. The number of hydrogen-bond donors (Lipinski definition) is 2. The monoisotopic (exact) mass is 398 g/mol. The summed E-state index contributed by atoms with van der Waals surface area (Å²) in [7, 11) is 0. The molecule has 6 nitrogen and oxygen atoms in total. The van der Waals surface area contributed by atoms with Crippen molar-refractivity contribution in [1.29, 1.82) is 0 Å². The molecule has 0 saturated carbocycles. The first-order chi connectivity index (χ1) is 14.0. The van der Waals surface area contributed by atoms with Crippen LogP contribution in [0.15, 0.2) is 48.5 Å². The van der Waals surface area contributed by atoms with E-state index in [1.165, 1.54) is 5.56 Å². The van der Waals surface area contributed by atoms with Crippen molar-refractivity contribution < 1.29 is 19.1 Å². The third-order valence-corrected chi connectivity index (χ3v) is 4.63. The Kier molecular flexibility index (Phi) is 9.02. The molecule has 0 saturated heterocycles. The number of hydrogen-bond acceptors (Lipinski definition) is 4. The van der Waals surface area contributed by atoms with Gasteiger partial charge in [-0.25, -0.2) is 0 Å². The van der Waals surface area contributed by atoms with Crippen molar-refractivity contribution >= 4 is 11.8 Å². The number of amides is 2. The van der Waals surface area contributed by atoms with Gasteiger partial charge in [-0.1, -0.05) is 39.3 Å². The average Bonchev–Trinajstić information content (AvgIpc) is 2.76. The molecule has 2 amide bonds. The van der Waals surface area contributed by atoms with Crippen molar-refractivity contribution in [2.45, 2.75) is 46.0 Å². The molecule has 0 aromatic heterocycles. The van der Waals surface area contributed by atoms with Gasteiger partial charge in [0.1, 0.15) is 11.5 Å². The van der Waals surface area contributed by atoms with E-state index in [9.17, 15) is 9.59 Å². The summed E-state index contributed by atoms with van der Waals surface area (Å²) in [5.74, 6) is 0.962. The van der Waals surface area contributed by atoms with Crippen molar-refractivity contribution in [2.24, 2.45) is 0 Å². The minimum atomic E-state index is -0.441. The highest BCUT2D eigenvalue weighted by Crippen LogP contribution is 2.21. The van der Waals surface area contributed by atoms with Crippen LogP contribution in [0.5, 0.6) is 11.5 Å². The summed E-state index contributed by atoms with van der Waals surface area (Å²) in [5.41, 5.74) is 6.39. The topological polar surface area (TPSA) is 76.7 Å². The highest BCUT2D eigenvalue weighted by molar-refractivity contribution is 5.95. The van der Waals surface area contributed by atoms with E-state index in [1.807, 2.05) is 24.3 Å². The molecule has 2 rings (SSSR count). The molecule has 0 radical (unpaired) electrons. The van der Waals surface area contributed by atoms with Gasteiger partial charge in [-0.05, 0) is 60.7 Å². The van der Waals surface area contributed by atoms with Gasteiger partial charge >= 0.3 is 0 Å². The molecule has 0 aliphatic heterocycles. The molecular weight excluding hydrogens is 368 g/mol. The van der Waals surface area contributed by atoms with Crippen molar-refractivity contribution in [1.82, 2.24) is 10.9 Å². The Morgan fingerprint density at radius 2 is 1.52 bits per heavy atom. The van der Waals surface area contributed by atoms with E-state index in [2.05, 4.69) is 31.6 Å². The first-order valence-electron chi connectivity index (χ1n) is 10.1. The SMILES string of the molecule is CCCCOc1ccc(C(=O)NNC(=O)COc2ccc([C@@H](C)CC)cc2)cc1. The van der Waals surface area contributed by atoms with Gasteiger partial charge in [0.2, 0.25) is 0 Å². The molecule has 1 atom stereocenters. The fourth-order valence-electron chi connectivity index (χ4n) is 2.55. The van der Waals surface area contributed by atoms with Crippen LogP contribution in [-0.2, 0) is 4.79 Å². The zero-order chi connectivity index (χ0) is 21.1. The minimum absolute atomic E-state index is 0.187. The van der Waals surface area contributed by atoms with Gasteiger partial charge in [-0.15, -0.1) is 0 Å². The molecule has 0 unspecified atom stereocenters. The second-order valence-corrected chi connectivity index (χ2v) is 6.90. The number of carbonyl (C=O) groups is 2. The zero-order valence-corrected chi connectivity index (χ0v) is 17.4. The molecule has 0 fully saturated rings. The van der Waals surface area contributed by atoms with Crippen LogP contribution in [0.25, 0.3) is 0 Å². The maximum atomic E-state index is 12.1. The van der Waals surface area contributed by atoms with Crippen LogP contribution in [0.2, 0.25) is 0 Å². The zero-order valence-electron chi connectivity index (χ0n) is 17.4. The van der Waals surface area contributed by atoms with Crippen LogP contribution in [0, 0.1) is 0 Å². The normalized spacial score (nSPS) is 11.4. The van der Waals surface area contributed by atoms with E-state index in [0.29, 0.717) is 29.6 Å². The van der Waals surface area contributed by atoms with Gasteiger partial charge in [0.15, 0.2) is 6.61 Å². The fraction of sp³-hybridized carbons (Fsp3) is 0.391. The standard InChI is InChI=1S/C23H30N2O4/c1-4-6-15-28-20-13-9-19(10-14-20)23(27)25-24-22(26)16-29-21-11-7-18(8-12-21)17(3)5-2/h7-14,17H,4-6,15-16H2,1-3H3,(H,24,26)(H,25,27)/t17-/m0/s1. The summed E-state index contributed by atoms with van der Waals surface area (Å²) < 4.78 is 11.0. The maximum absolute atomic E-state index is 12.1. The molecule has 0 heterocycles. The predicted molar refractivity (Wildman–Crippen MR) is 113 cm³/mol. The van der Waals surface area contributed by atoms with Crippen LogP contribution < -0.4 is 20.3 Å². The lowest BCUT2D eigenvalue weighted by Gasteiger charge is -2.11. The Labute approximate surface area is 172 Å². The van der Waals surface area contributed by atoms with Crippen LogP contribution in [0.3, 0.4) is 0 Å². The van der Waals surface area contributed by atoms with Crippen LogP contribution in [0.4, 0.5) is 0 Å². The average molecular weight is 399 g/mol. The minimum Gasteiger partial charge on any atom is -0.494 e. The highest BCUT2D eigenvalue weighted by atomic mass is 16.5. The lowest BCUT2D eigenvalue weighted by molar-refractivity contribution is -0.123. The summed E-state index contributed by atoms with van der Waals surface area (Å²) >= 11 is 0. The number of benzene rings is 2. The summed E-state index contributed by atoms with van der Waals surface area (Å²) in [6.45, 7) is 6.87. The van der Waals surface area contributed by atoms with Gasteiger partial charge in [-0.3, -0.25) is 20.4 Å². The van der Waals surface area contributed by atoms with E-state index < -0.39 is 11.8 Å². The van der Waals surface area contributed by atoms with Gasteiger partial charge in [0.25, 0.3) is 11.8 Å². The number of carbonyl (C=O) groups excluding carboxylic acids is 2. The number of hydrazine groups is 1. The fourth-order valence-corrected chi connectivity index (χ4v) is 2.55. The molecule has 0 aliphatic carbocycles. The molecule has 2 aromatic rings. The van der Waals surface area contributed by atoms with Crippen LogP contribution >= 0.6 is 0 Å². The first-order valence-corrected chi connectivity index (χ1v) is 10.1. The molecule has 2 N–H and O–H groups in total. The number of nitrogens with one attached hydrogen (secondary N) is 2. The molecule has 29 heavy (non-hydrogen) atoms. The number of rotatable bonds is 10. The van der Waals surface area contributed by atoms with Gasteiger partial charge in [0.05, 0.1) is 6.61 Å². The van der Waals surface area contributed by atoms with Crippen molar-refractivity contribution in [3.05, 3.63) is 59.7 Å². The molecule has 0 spiro atoms. The Morgan fingerprint density at radius 1 is 0.897 bits per heavy atom. The van der Waals surface area contributed by atoms with E-state index in [1.54, 1.807) is 24.3 Å². The largest absolute Gasteiger partial charge is 0.494 e. The van der Waals surface area contributed by atoms with Crippen molar-refractivity contribution in [3.8, 4) is 11.5 Å². The van der Waals surface area contributed by atoms with Gasteiger partial charge in [-0.2, -0.15) is 0 Å². The summed E-state index contributed by atoms with van der Waals surface area (Å²) in [5, 5.41) is 0. The lowest BCUT2D eigenvalue weighted by atomic mass is 9.99. The van der Waals surface area contributed by atoms with Gasteiger partial charge in [0, 0.05) is 5.56 Å². The van der Waals surface area contributed by atoms with E-state index in [0.717, 1.165) is 19.3 Å². The highest BCUT2D eigenvalue weighted by Gasteiger charge is 2.09. The Bertz CT molecular complexity index is 772. The predicted octanol–water partition coefficient (Wildman–Crippen LogP) is 4.22. The molecule has 6 heteroatoms. The van der Waals surface area contributed by atoms with Crippen molar-refractivity contribution in [3.63, 3.8) is 0 Å². The molecular formula is C23H30N2O4. The summed E-state index contributed by atoms with van der Waals surface area (Å²) in [6, 6.07) is 14.5. The molecule has 156 valence electrons. The Balaban J connectivity index is 1.73. The van der Waals surface area contributed by atoms with E-state index >= 15 is 0 Å². The smallest absolute Gasteiger partial charge is 0.276 e. The molecule has 2 aromatic carbocycles. The Hall–Kier alpha value is -3.02. The summed E-state index contributed by atoms with van der Waals surface area (Å²) in [6.07, 6.45) is 3.11. The first kappa shape index (κ1) is 22.3. The van der Waals surface area contributed by atoms with Crippen LogP contribution in [-0.4, -0.2) is 25.0 Å². The number of unbranched alkanes of at least 4 members (excludes halogenated alkanes) is 1.